The minimum atomic E-state index is -4.78. The van der Waals surface area contributed by atoms with Crippen molar-refractivity contribution in [1.82, 2.24) is 19.9 Å². The maximum Gasteiger partial charge on any atom is 0.419 e. The lowest BCUT2D eigenvalue weighted by molar-refractivity contribution is -0.137. The van der Waals surface area contributed by atoms with Gasteiger partial charge in [-0.25, -0.2) is 14.8 Å². The van der Waals surface area contributed by atoms with E-state index < -0.39 is 47.9 Å². The summed E-state index contributed by atoms with van der Waals surface area (Å²) in [7, 11) is -2.99. The molecule has 1 fully saturated rings. The van der Waals surface area contributed by atoms with E-state index in [1.54, 1.807) is 20.8 Å². The van der Waals surface area contributed by atoms with Gasteiger partial charge in [-0.15, -0.1) is 0 Å². The van der Waals surface area contributed by atoms with Crippen LogP contribution in [0, 0.1) is 11.3 Å². The van der Waals surface area contributed by atoms with Gasteiger partial charge in [-0.05, 0) is 54.0 Å². The quantitative estimate of drug-likeness (QED) is 0.368. The molecule has 1 amide bonds. The summed E-state index contributed by atoms with van der Waals surface area (Å²) in [6.07, 6.45) is -3.27. The number of nitriles is 1. The van der Waals surface area contributed by atoms with Crippen LogP contribution in [0.5, 0.6) is 0 Å². The molecular weight excluding hydrogens is 572 g/mol. The van der Waals surface area contributed by atoms with Gasteiger partial charge in [0.2, 0.25) is 5.95 Å². The molecule has 1 saturated heterocycles. The number of alkyl halides is 3. The van der Waals surface area contributed by atoms with Gasteiger partial charge in [-0.2, -0.15) is 18.4 Å². The number of H-pyrrole nitrogens is 1. The first kappa shape index (κ1) is 31.3. The second kappa shape index (κ2) is 10.9. The number of rotatable bonds is 4. The largest absolute Gasteiger partial charge is 0.444 e. The van der Waals surface area contributed by atoms with Gasteiger partial charge < -0.3 is 24.3 Å². The molecule has 1 unspecified atom stereocenters. The van der Waals surface area contributed by atoms with Crippen LogP contribution < -0.4 is 10.6 Å². The molecule has 1 atom stereocenters. The van der Waals surface area contributed by atoms with Crippen LogP contribution in [-0.2, 0) is 20.2 Å². The number of anilines is 1. The van der Waals surface area contributed by atoms with Crippen LogP contribution >= 0.6 is 7.14 Å². The Balaban J connectivity index is 1.76. The minimum Gasteiger partial charge on any atom is -0.444 e. The fourth-order valence-corrected chi connectivity index (χ4v) is 6.28. The van der Waals surface area contributed by atoms with E-state index in [2.05, 4.69) is 20.3 Å². The molecule has 0 saturated carbocycles. The average molecular weight is 607 g/mol. The minimum absolute atomic E-state index is 0.102. The van der Waals surface area contributed by atoms with Crippen LogP contribution in [0.15, 0.2) is 24.5 Å². The van der Waals surface area contributed by atoms with E-state index in [0.29, 0.717) is 17.1 Å². The standard InChI is InChI=1S/C28H34F3N6O4P/c1-26(2,3)41-25(38)37-13-17(14-40-15-27(37,4)5)35-24-34-12-20(28(29,30)31)21(36-24)19-11-33-22-18(19)9-8-16(10-32)23(22)42(6,7)39/h8-9,11-12,17,33H,13-15H2,1-7H3,(H,34,35,36). The molecule has 0 spiro atoms. The predicted octanol–water partition coefficient (Wildman–Crippen LogP) is 5.59. The van der Waals surface area contributed by atoms with Gasteiger partial charge in [-0.1, -0.05) is 6.07 Å². The van der Waals surface area contributed by atoms with Gasteiger partial charge in [0, 0.05) is 29.9 Å². The summed E-state index contributed by atoms with van der Waals surface area (Å²) in [4.78, 5) is 25.7. The fourth-order valence-electron chi connectivity index (χ4n) is 4.85. The number of halogens is 3. The van der Waals surface area contributed by atoms with Crippen LogP contribution in [0.4, 0.5) is 23.9 Å². The summed E-state index contributed by atoms with van der Waals surface area (Å²) >= 11 is 0. The Hall–Kier alpha value is -3.62. The monoisotopic (exact) mass is 606 g/mol. The first-order valence-corrected chi connectivity index (χ1v) is 15.8. The molecule has 1 aromatic carbocycles. The highest BCUT2D eigenvalue weighted by Gasteiger charge is 2.40. The van der Waals surface area contributed by atoms with Gasteiger partial charge in [0.15, 0.2) is 0 Å². The van der Waals surface area contributed by atoms with E-state index in [1.807, 2.05) is 19.9 Å². The lowest BCUT2D eigenvalue weighted by atomic mass is 10.0. The van der Waals surface area contributed by atoms with Gasteiger partial charge in [0.05, 0.1) is 52.9 Å². The van der Waals surface area contributed by atoms with E-state index in [-0.39, 0.29) is 42.1 Å². The Labute approximate surface area is 242 Å². The molecule has 10 nitrogen and oxygen atoms in total. The number of carbonyl (C=O) groups excluding carboxylic acids is 1. The molecule has 0 bridgehead atoms. The first-order valence-electron chi connectivity index (χ1n) is 13.2. The van der Waals surface area contributed by atoms with Crippen molar-refractivity contribution in [3.05, 3.63) is 35.7 Å². The van der Waals surface area contributed by atoms with Gasteiger partial charge >= 0.3 is 12.3 Å². The van der Waals surface area contributed by atoms with Crippen LogP contribution in [-0.4, -0.2) is 76.2 Å². The van der Waals surface area contributed by atoms with Crippen molar-refractivity contribution < 1.29 is 32.0 Å². The molecule has 3 aromatic rings. The molecule has 2 aromatic heterocycles. The van der Waals surface area contributed by atoms with E-state index in [1.165, 1.54) is 36.6 Å². The number of nitrogens with one attached hydrogen (secondary N) is 2. The number of benzene rings is 1. The van der Waals surface area contributed by atoms with Gasteiger partial charge in [0.25, 0.3) is 0 Å². The van der Waals surface area contributed by atoms with Crippen LogP contribution in [0.1, 0.15) is 45.7 Å². The maximum absolute atomic E-state index is 14.2. The highest BCUT2D eigenvalue weighted by molar-refractivity contribution is 7.70. The summed E-state index contributed by atoms with van der Waals surface area (Å²) in [5.41, 5.74) is -2.32. The molecule has 1 aliphatic rings. The normalized spacial score (nSPS) is 17.9. The molecule has 1 aliphatic heterocycles. The highest BCUT2D eigenvalue weighted by atomic mass is 31.2. The van der Waals surface area contributed by atoms with Crippen molar-refractivity contribution in [2.24, 2.45) is 0 Å². The van der Waals surface area contributed by atoms with E-state index in [4.69, 9.17) is 9.47 Å². The molecule has 14 heteroatoms. The third kappa shape index (κ3) is 6.55. The molecule has 2 N–H and O–H groups in total. The Morgan fingerprint density at radius 1 is 1.29 bits per heavy atom. The average Bonchev–Trinajstić information content (AvgIpc) is 3.20. The number of aromatic nitrogens is 3. The van der Waals surface area contributed by atoms with Crippen molar-refractivity contribution in [3.8, 4) is 17.3 Å². The highest BCUT2D eigenvalue weighted by Crippen LogP contribution is 2.43. The van der Waals surface area contributed by atoms with Crippen molar-refractivity contribution in [1.29, 1.82) is 5.26 Å². The van der Waals surface area contributed by atoms with E-state index in [0.717, 1.165) is 0 Å². The number of hydrogen-bond acceptors (Lipinski definition) is 8. The Bertz CT molecular complexity index is 1600. The van der Waals surface area contributed by atoms with Crippen molar-refractivity contribution >= 4 is 35.4 Å². The van der Waals surface area contributed by atoms with Crippen molar-refractivity contribution in [2.75, 3.05) is 38.4 Å². The number of ether oxygens (including phenoxy) is 2. The summed E-state index contributed by atoms with van der Waals surface area (Å²) in [5, 5.41) is 13.2. The van der Waals surface area contributed by atoms with Crippen LogP contribution in [0.3, 0.4) is 0 Å². The number of amides is 1. The molecule has 3 heterocycles. The SMILES string of the molecule is CC(C)(C)OC(=O)N1CC(Nc2ncc(C(F)(F)F)c(-c3c[nH]c4c(P(C)(C)=O)c(C#N)ccc34)n2)COCC1(C)C. The lowest BCUT2D eigenvalue weighted by Gasteiger charge is -2.38. The lowest BCUT2D eigenvalue weighted by Crippen LogP contribution is -2.53. The number of aromatic amines is 1. The Morgan fingerprint density at radius 3 is 2.57 bits per heavy atom. The number of hydrogen-bond donors (Lipinski definition) is 2. The van der Waals surface area contributed by atoms with Gasteiger partial charge in [0.1, 0.15) is 18.3 Å². The zero-order chi connectivity index (χ0) is 31.3. The Morgan fingerprint density at radius 2 is 1.98 bits per heavy atom. The van der Waals surface area contributed by atoms with E-state index >= 15 is 0 Å². The fraction of sp³-hybridized carbons (Fsp3) is 0.500. The van der Waals surface area contributed by atoms with Crippen LogP contribution in [0.2, 0.25) is 0 Å². The molecule has 0 radical (unpaired) electrons. The van der Waals surface area contributed by atoms with Gasteiger partial charge in [-0.3, -0.25) is 4.90 Å². The summed E-state index contributed by atoms with van der Waals surface area (Å²) in [6.45, 7) is 12.4. The molecule has 0 aliphatic carbocycles. The Kier molecular flexibility index (Phi) is 8.13. The third-order valence-electron chi connectivity index (χ3n) is 6.69. The number of nitrogens with zero attached hydrogens (tertiary/aromatic N) is 4. The smallest absolute Gasteiger partial charge is 0.419 e. The molecular formula is C28H34F3N6O4P. The number of fused-ring (bicyclic) bond motifs is 1. The van der Waals surface area contributed by atoms with Crippen LogP contribution in [0.25, 0.3) is 22.2 Å². The third-order valence-corrected chi connectivity index (χ3v) is 8.23. The zero-order valence-electron chi connectivity index (χ0n) is 24.5. The molecule has 226 valence electrons. The molecule has 4 rings (SSSR count). The second-order valence-corrected chi connectivity index (χ2v) is 15.4. The van der Waals surface area contributed by atoms with Crippen molar-refractivity contribution in [2.45, 2.75) is 58.0 Å². The summed E-state index contributed by atoms with van der Waals surface area (Å²) in [5.74, 6) is -0.102. The predicted molar refractivity (Wildman–Crippen MR) is 153 cm³/mol. The topological polar surface area (TPSA) is 133 Å². The second-order valence-electron chi connectivity index (χ2n) is 12.3. The summed E-state index contributed by atoms with van der Waals surface area (Å²) in [6, 6.07) is 4.40. The van der Waals surface area contributed by atoms with Crippen molar-refractivity contribution in [3.63, 3.8) is 0 Å². The van der Waals surface area contributed by atoms with E-state index in [9.17, 15) is 27.8 Å². The molecule has 42 heavy (non-hydrogen) atoms. The zero-order valence-corrected chi connectivity index (χ0v) is 25.4. The number of carbonyl (C=O) groups is 1. The maximum atomic E-state index is 14.2. The summed E-state index contributed by atoms with van der Waals surface area (Å²) < 4.78 is 66.9. The first-order chi connectivity index (χ1) is 19.3.